The van der Waals surface area contributed by atoms with Crippen molar-refractivity contribution in [3.05, 3.63) is 56.6 Å². The van der Waals surface area contributed by atoms with Crippen molar-refractivity contribution in [2.75, 3.05) is 5.32 Å². The van der Waals surface area contributed by atoms with E-state index >= 15 is 0 Å². The number of non-ortho nitro benzene ring substituents is 2. The topological polar surface area (TPSA) is 145 Å². The normalized spacial score (nSPS) is 10.6. The van der Waals surface area contributed by atoms with Gasteiger partial charge in [0, 0.05) is 18.2 Å². The number of oxazole rings is 1. The Labute approximate surface area is 127 Å². The highest BCUT2D eigenvalue weighted by atomic mass is 16.6. The SMILES string of the molecule is O=[N+]([O-])c1ccc(O)c(Nc2nc3ccc([N+](=O)[O-])cc3o2)c1. The van der Waals surface area contributed by atoms with Crippen molar-refractivity contribution in [2.45, 2.75) is 0 Å². The van der Waals surface area contributed by atoms with Crippen LogP contribution in [0.15, 0.2) is 40.8 Å². The first-order chi connectivity index (χ1) is 10.9. The highest BCUT2D eigenvalue weighted by molar-refractivity contribution is 5.78. The molecule has 0 aliphatic carbocycles. The summed E-state index contributed by atoms with van der Waals surface area (Å²) in [4.78, 5) is 24.3. The molecule has 0 bridgehead atoms. The number of nitro groups is 2. The maximum atomic E-state index is 10.8. The van der Waals surface area contributed by atoms with Crippen molar-refractivity contribution in [2.24, 2.45) is 0 Å². The summed E-state index contributed by atoms with van der Waals surface area (Å²) in [6.07, 6.45) is 0. The maximum Gasteiger partial charge on any atom is 0.300 e. The Morgan fingerprint density at radius 3 is 2.39 bits per heavy atom. The third-order valence-electron chi connectivity index (χ3n) is 3.02. The van der Waals surface area contributed by atoms with Crippen LogP contribution in [0.2, 0.25) is 0 Å². The Morgan fingerprint density at radius 2 is 1.70 bits per heavy atom. The van der Waals surface area contributed by atoms with Crippen molar-refractivity contribution < 1.29 is 19.4 Å². The largest absolute Gasteiger partial charge is 0.506 e. The van der Waals surface area contributed by atoms with Gasteiger partial charge in [-0.1, -0.05) is 0 Å². The Hall–Kier alpha value is -3.69. The van der Waals surface area contributed by atoms with E-state index < -0.39 is 9.85 Å². The summed E-state index contributed by atoms with van der Waals surface area (Å²) in [5.74, 6) is -0.233. The molecule has 3 rings (SSSR count). The zero-order valence-electron chi connectivity index (χ0n) is 11.3. The molecular formula is C13H8N4O6. The molecule has 1 aromatic heterocycles. The Kier molecular flexibility index (Phi) is 3.26. The van der Waals surface area contributed by atoms with Crippen LogP contribution in [0.25, 0.3) is 11.1 Å². The van der Waals surface area contributed by atoms with Crippen LogP contribution in [-0.2, 0) is 0 Å². The molecule has 0 aliphatic heterocycles. The summed E-state index contributed by atoms with van der Waals surface area (Å²) in [6, 6.07) is 7.27. The summed E-state index contributed by atoms with van der Waals surface area (Å²) in [5.41, 5.74) is 0.186. The minimum Gasteiger partial charge on any atom is -0.506 e. The first kappa shape index (κ1) is 14.3. The van der Waals surface area contributed by atoms with Crippen molar-refractivity contribution in [1.82, 2.24) is 4.98 Å². The quantitative estimate of drug-likeness (QED) is 0.424. The number of aromatic hydroxyl groups is 1. The van der Waals surface area contributed by atoms with Crippen LogP contribution >= 0.6 is 0 Å². The van der Waals surface area contributed by atoms with E-state index in [1.807, 2.05) is 0 Å². The number of rotatable bonds is 4. The average Bonchev–Trinajstić information content (AvgIpc) is 2.90. The number of fused-ring (bicyclic) bond motifs is 1. The molecule has 116 valence electrons. The molecule has 0 aliphatic rings. The zero-order valence-corrected chi connectivity index (χ0v) is 11.3. The van der Waals surface area contributed by atoms with E-state index in [1.54, 1.807) is 0 Å². The van der Waals surface area contributed by atoms with E-state index in [4.69, 9.17) is 4.42 Å². The van der Waals surface area contributed by atoms with E-state index in [-0.39, 0.29) is 34.4 Å². The molecule has 0 amide bonds. The lowest BCUT2D eigenvalue weighted by Gasteiger charge is -2.03. The van der Waals surface area contributed by atoms with Crippen LogP contribution in [0, 0.1) is 20.2 Å². The fourth-order valence-electron chi connectivity index (χ4n) is 1.93. The number of phenols is 1. The second-order valence-electron chi connectivity index (χ2n) is 4.51. The summed E-state index contributed by atoms with van der Waals surface area (Å²) < 4.78 is 5.31. The molecule has 0 radical (unpaired) electrons. The number of anilines is 2. The lowest BCUT2D eigenvalue weighted by molar-refractivity contribution is -0.385. The van der Waals surface area contributed by atoms with Crippen molar-refractivity contribution in [3.63, 3.8) is 0 Å². The minimum absolute atomic E-state index is 0.0280. The van der Waals surface area contributed by atoms with Gasteiger partial charge in [0.05, 0.1) is 21.6 Å². The average molecular weight is 316 g/mol. The van der Waals surface area contributed by atoms with E-state index in [0.717, 1.165) is 18.2 Å². The van der Waals surface area contributed by atoms with Gasteiger partial charge in [-0.05, 0) is 12.1 Å². The van der Waals surface area contributed by atoms with E-state index in [2.05, 4.69) is 10.3 Å². The van der Waals surface area contributed by atoms with Gasteiger partial charge in [-0.3, -0.25) is 20.2 Å². The van der Waals surface area contributed by atoms with E-state index in [9.17, 15) is 25.3 Å². The van der Waals surface area contributed by atoms with Gasteiger partial charge >= 0.3 is 0 Å². The van der Waals surface area contributed by atoms with Crippen LogP contribution in [0.5, 0.6) is 5.75 Å². The van der Waals surface area contributed by atoms with Crippen molar-refractivity contribution in [3.8, 4) is 5.75 Å². The smallest absolute Gasteiger partial charge is 0.300 e. The number of benzene rings is 2. The van der Waals surface area contributed by atoms with E-state index in [0.29, 0.717) is 5.52 Å². The molecule has 0 unspecified atom stereocenters. The van der Waals surface area contributed by atoms with Gasteiger partial charge in [0.25, 0.3) is 17.4 Å². The molecule has 1 heterocycles. The first-order valence-corrected chi connectivity index (χ1v) is 6.23. The molecule has 3 aromatic rings. The second kappa shape index (κ2) is 5.26. The molecular weight excluding hydrogens is 308 g/mol. The third kappa shape index (κ3) is 2.72. The standard InChI is InChI=1S/C13H8N4O6/c18-11-4-2-7(16(19)20)5-10(11)15-13-14-9-3-1-8(17(21)22)6-12(9)23-13/h1-6,18H,(H,14,15). The summed E-state index contributed by atoms with van der Waals surface area (Å²) >= 11 is 0. The van der Waals surface area contributed by atoms with Gasteiger partial charge < -0.3 is 14.8 Å². The number of phenolic OH excluding ortho intramolecular Hbond substituents is 1. The fourth-order valence-corrected chi connectivity index (χ4v) is 1.93. The van der Waals surface area contributed by atoms with Gasteiger partial charge in [0.1, 0.15) is 11.3 Å². The monoisotopic (exact) mass is 316 g/mol. The molecule has 2 N–H and O–H groups in total. The van der Waals surface area contributed by atoms with Gasteiger partial charge in [-0.15, -0.1) is 0 Å². The van der Waals surface area contributed by atoms with Crippen LogP contribution in [0.3, 0.4) is 0 Å². The fraction of sp³-hybridized carbons (Fsp3) is 0. The second-order valence-corrected chi connectivity index (χ2v) is 4.51. The molecule has 10 heteroatoms. The number of hydrogen-bond acceptors (Lipinski definition) is 8. The van der Waals surface area contributed by atoms with Crippen LogP contribution < -0.4 is 5.32 Å². The molecule has 0 spiro atoms. The lowest BCUT2D eigenvalue weighted by Crippen LogP contribution is -1.93. The van der Waals surface area contributed by atoms with Gasteiger partial charge in [-0.25, -0.2) is 0 Å². The molecule has 0 fully saturated rings. The molecule has 0 saturated carbocycles. The number of hydrogen-bond donors (Lipinski definition) is 2. The predicted octanol–water partition coefficient (Wildman–Crippen LogP) is 3.09. The minimum atomic E-state index is -0.611. The number of nitrogens with zero attached hydrogens (tertiary/aromatic N) is 3. The zero-order chi connectivity index (χ0) is 16.6. The maximum absolute atomic E-state index is 10.8. The molecule has 0 atom stereocenters. The van der Waals surface area contributed by atoms with Crippen LogP contribution in [0.4, 0.5) is 23.1 Å². The number of aromatic nitrogens is 1. The van der Waals surface area contributed by atoms with Crippen LogP contribution in [-0.4, -0.2) is 19.9 Å². The summed E-state index contributed by atoms with van der Waals surface area (Å²) in [5, 5.41) is 33.8. The molecule has 0 saturated heterocycles. The Balaban J connectivity index is 1.97. The predicted molar refractivity (Wildman–Crippen MR) is 78.7 cm³/mol. The summed E-state index contributed by atoms with van der Waals surface area (Å²) in [7, 11) is 0. The number of nitrogens with one attached hydrogen (secondary N) is 1. The van der Waals surface area contributed by atoms with Crippen molar-refractivity contribution in [1.29, 1.82) is 0 Å². The van der Waals surface area contributed by atoms with E-state index in [1.165, 1.54) is 18.2 Å². The van der Waals surface area contributed by atoms with Crippen molar-refractivity contribution >= 4 is 34.2 Å². The molecule has 2 aromatic carbocycles. The number of nitro benzene ring substituents is 2. The Morgan fingerprint density at radius 1 is 1.04 bits per heavy atom. The lowest BCUT2D eigenvalue weighted by atomic mass is 10.2. The highest BCUT2D eigenvalue weighted by Gasteiger charge is 2.15. The summed E-state index contributed by atoms with van der Waals surface area (Å²) in [6.45, 7) is 0. The highest BCUT2D eigenvalue weighted by Crippen LogP contribution is 2.32. The van der Waals surface area contributed by atoms with Gasteiger partial charge in [-0.2, -0.15) is 4.98 Å². The van der Waals surface area contributed by atoms with Gasteiger partial charge in [0.15, 0.2) is 5.58 Å². The van der Waals surface area contributed by atoms with Crippen LogP contribution in [0.1, 0.15) is 0 Å². The molecule has 23 heavy (non-hydrogen) atoms. The Bertz CT molecular complexity index is 935. The first-order valence-electron chi connectivity index (χ1n) is 6.23. The third-order valence-corrected chi connectivity index (χ3v) is 3.02. The molecule has 10 nitrogen and oxygen atoms in total. The van der Waals surface area contributed by atoms with Gasteiger partial charge in [0.2, 0.25) is 0 Å².